The largest absolute Gasteiger partial charge is 0.394 e. The standard InChI is InChI=1S/C7H14O4S2/c8-3-6(9)4-12-7-1-2-13(10,11)5-7/h6-9H,1-5H2. The van der Waals surface area contributed by atoms with E-state index in [1.54, 1.807) is 0 Å². The van der Waals surface area contributed by atoms with Crippen molar-refractivity contribution in [2.75, 3.05) is 23.9 Å². The molecular formula is C7H14O4S2. The van der Waals surface area contributed by atoms with Crippen LogP contribution in [0.1, 0.15) is 6.42 Å². The molecule has 0 spiro atoms. The lowest BCUT2D eigenvalue weighted by Gasteiger charge is -2.10. The molecule has 0 aromatic carbocycles. The second-order valence-electron chi connectivity index (χ2n) is 3.19. The molecule has 0 radical (unpaired) electrons. The van der Waals surface area contributed by atoms with Gasteiger partial charge in [0, 0.05) is 11.0 Å². The van der Waals surface area contributed by atoms with Crippen LogP contribution in [-0.2, 0) is 9.84 Å². The SMILES string of the molecule is O=S1(=O)CCC(SCC(O)CO)C1. The minimum atomic E-state index is -2.82. The van der Waals surface area contributed by atoms with E-state index in [4.69, 9.17) is 10.2 Å². The third-order valence-corrected chi connectivity index (χ3v) is 5.36. The van der Waals surface area contributed by atoms with E-state index >= 15 is 0 Å². The van der Waals surface area contributed by atoms with Gasteiger partial charge in [-0.25, -0.2) is 8.42 Å². The van der Waals surface area contributed by atoms with E-state index in [0.29, 0.717) is 12.2 Å². The Hall–Kier alpha value is 0.220. The Balaban J connectivity index is 2.25. The Morgan fingerprint density at radius 1 is 1.54 bits per heavy atom. The van der Waals surface area contributed by atoms with Gasteiger partial charge in [-0.1, -0.05) is 0 Å². The summed E-state index contributed by atoms with van der Waals surface area (Å²) in [6.45, 7) is -0.257. The lowest BCUT2D eigenvalue weighted by molar-refractivity contribution is 0.113. The fraction of sp³-hybridized carbons (Fsp3) is 1.00. The van der Waals surface area contributed by atoms with Crippen molar-refractivity contribution in [2.24, 2.45) is 0 Å². The Labute approximate surface area is 82.3 Å². The molecule has 0 aromatic heterocycles. The molecule has 0 bridgehead atoms. The monoisotopic (exact) mass is 226 g/mol. The summed E-state index contributed by atoms with van der Waals surface area (Å²) >= 11 is 1.43. The molecule has 0 saturated carbocycles. The number of sulfone groups is 1. The predicted molar refractivity (Wildman–Crippen MR) is 52.6 cm³/mol. The number of aliphatic hydroxyl groups excluding tert-OH is 2. The first kappa shape index (κ1) is 11.3. The van der Waals surface area contributed by atoms with Gasteiger partial charge in [0.25, 0.3) is 0 Å². The molecular weight excluding hydrogens is 212 g/mol. The fourth-order valence-electron chi connectivity index (χ4n) is 1.19. The van der Waals surface area contributed by atoms with Crippen LogP contribution in [-0.4, -0.2) is 53.9 Å². The van der Waals surface area contributed by atoms with Crippen molar-refractivity contribution >= 4 is 21.6 Å². The van der Waals surface area contributed by atoms with E-state index < -0.39 is 15.9 Å². The van der Waals surface area contributed by atoms with Gasteiger partial charge in [-0.05, 0) is 6.42 Å². The number of hydrogen-bond acceptors (Lipinski definition) is 5. The third-order valence-electron chi connectivity index (χ3n) is 1.93. The highest BCUT2D eigenvalue weighted by molar-refractivity contribution is 8.01. The predicted octanol–water partition coefficient (Wildman–Crippen LogP) is -0.740. The topological polar surface area (TPSA) is 74.6 Å². The fourth-order valence-corrected chi connectivity index (χ4v) is 4.78. The maximum Gasteiger partial charge on any atom is 0.151 e. The first-order chi connectivity index (χ1) is 6.03. The minimum absolute atomic E-state index is 0.103. The first-order valence-electron chi connectivity index (χ1n) is 4.14. The van der Waals surface area contributed by atoms with E-state index in [9.17, 15) is 8.42 Å². The molecule has 78 valence electrons. The maximum absolute atomic E-state index is 11.0. The molecule has 1 heterocycles. The van der Waals surface area contributed by atoms with Gasteiger partial charge in [-0.15, -0.1) is 0 Å². The molecule has 1 aliphatic heterocycles. The number of hydrogen-bond donors (Lipinski definition) is 2. The minimum Gasteiger partial charge on any atom is -0.394 e. The lowest BCUT2D eigenvalue weighted by Crippen LogP contribution is -2.17. The molecule has 1 fully saturated rings. The molecule has 4 nitrogen and oxygen atoms in total. The smallest absolute Gasteiger partial charge is 0.151 e. The molecule has 1 aliphatic rings. The highest BCUT2D eigenvalue weighted by Gasteiger charge is 2.28. The summed E-state index contributed by atoms with van der Waals surface area (Å²) in [6, 6.07) is 0. The Morgan fingerprint density at radius 3 is 2.69 bits per heavy atom. The van der Waals surface area contributed by atoms with Crippen LogP contribution in [0, 0.1) is 0 Å². The maximum atomic E-state index is 11.0. The van der Waals surface area contributed by atoms with Crippen LogP contribution in [0.25, 0.3) is 0 Å². The van der Waals surface area contributed by atoms with Crippen molar-refractivity contribution in [2.45, 2.75) is 17.8 Å². The normalized spacial score (nSPS) is 28.9. The zero-order valence-electron chi connectivity index (χ0n) is 7.22. The summed E-state index contributed by atoms with van der Waals surface area (Å²) in [4.78, 5) is 0. The highest BCUT2D eigenvalue weighted by Crippen LogP contribution is 2.24. The van der Waals surface area contributed by atoms with Crippen LogP contribution >= 0.6 is 11.8 Å². The van der Waals surface area contributed by atoms with Gasteiger partial charge in [-0.3, -0.25) is 0 Å². The van der Waals surface area contributed by atoms with Crippen molar-refractivity contribution in [1.82, 2.24) is 0 Å². The number of thioether (sulfide) groups is 1. The van der Waals surface area contributed by atoms with Crippen molar-refractivity contribution in [3.8, 4) is 0 Å². The van der Waals surface area contributed by atoms with Gasteiger partial charge in [0.1, 0.15) is 0 Å². The second kappa shape index (κ2) is 4.63. The van der Waals surface area contributed by atoms with Gasteiger partial charge < -0.3 is 10.2 Å². The van der Waals surface area contributed by atoms with E-state index in [1.807, 2.05) is 0 Å². The summed E-state index contributed by atoms with van der Waals surface area (Å²) in [5, 5.41) is 17.7. The zero-order chi connectivity index (χ0) is 9.90. The Morgan fingerprint density at radius 2 is 2.23 bits per heavy atom. The van der Waals surface area contributed by atoms with Crippen LogP contribution in [0.2, 0.25) is 0 Å². The van der Waals surface area contributed by atoms with E-state index in [1.165, 1.54) is 11.8 Å². The van der Waals surface area contributed by atoms with Crippen molar-refractivity contribution in [1.29, 1.82) is 0 Å². The molecule has 6 heteroatoms. The van der Waals surface area contributed by atoms with Crippen LogP contribution < -0.4 is 0 Å². The van der Waals surface area contributed by atoms with Crippen molar-refractivity contribution < 1.29 is 18.6 Å². The van der Waals surface area contributed by atoms with Crippen LogP contribution in [0.4, 0.5) is 0 Å². The summed E-state index contributed by atoms with van der Waals surface area (Å²) in [6.07, 6.45) is -0.0566. The molecule has 2 N–H and O–H groups in total. The van der Waals surface area contributed by atoms with Gasteiger partial charge in [0.2, 0.25) is 0 Å². The third kappa shape index (κ3) is 3.84. The van der Waals surface area contributed by atoms with Crippen LogP contribution in [0.3, 0.4) is 0 Å². The molecule has 13 heavy (non-hydrogen) atoms. The van der Waals surface area contributed by atoms with Gasteiger partial charge in [0.05, 0.1) is 24.2 Å². The average Bonchev–Trinajstić information content (AvgIpc) is 2.41. The quantitative estimate of drug-likeness (QED) is 0.660. The van der Waals surface area contributed by atoms with E-state index in [2.05, 4.69) is 0 Å². The molecule has 0 aromatic rings. The van der Waals surface area contributed by atoms with Gasteiger partial charge in [0.15, 0.2) is 9.84 Å². The summed E-state index contributed by atoms with van der Waals surface area (Å²) in [5.74, 6) is 0.895. The first-order valence-corrected chi connectivity index (χ1v) is 7.01. The van der Waals surface area contributed by atoms with E-state index in [0.717, 1.165) is 0 Å². The van der Waals surface area contributed by atoms with Crippen molar-refractivity contribution in [3.63, 3.8) is 0 Å². The second-order valence-corrected chi connectivity index (χ2v) is 6.76. The Bertz CT molecular complexity index is 249. The molecule has 2 atom stereocenters. The summed E-state index contributed by atoms with van der Waals surface area (Å²) in [5.41, 5.74) is 0. The van der Waals surface area contributed by atoms with Gasteiger partial charge >= 0.3 is 0 Å². The number of aliphatic hydroxyl groups is 2. The molecule has 0 aliphatic carbocycles. The average molecular weight is 226 g/mol. The lowest BCUT2D eigenvalue weighted by atomic mass is 10.4. The molecule has 1 saturated heterocycles. The van der Waals surface area contributed by atoms with Gasteiger partial charge in [-0.2, -0.15) is 11.8 Å². The summed E-state index contributed by atoms with van der Waals surface area (Å²) in [7, 11) is -2.82. The molecule has 2 unspecified atom stereocenters. The Kier molecular flexibility index (Phi) is 4.03. The van der Waals surface area contributed by atoms with Crippen LogP contribution in [0.15, 0.2) is 0 Å². The summed E-state index contributed by atoms with van der Waals surface area (Å²) < 4.78 is 22.1. The van der Waals surface area contributed by atoms with E-state index in [-0.39, 0.29) is 23.4 Å². The van der Waals surface area contributed by atoms with Crippen LogP contribution in [0.5, 0.6) is 0 Å². The number of rotatable bonds is 4. The zero-order valence-corrected chi connectivity index (χ0v) is 8.85. The molecule has 1 rings (SSSR count). The molecule has 0 amide bonds. The highest BCUT2D eigenvalue weighted by atomic mass is 32.2. The van der Waals surface area contributed by atoms with Crippen molar-refractivity contribution in [3.05, 3.63) is 0 Å².